The summed E-state index contributed by atoms with van der Waals surface area (Å²) in [5.41, 5.74) is 5.75. The number of aromatic nitrogens is 1. The van der Waals surface area contributed by atoms with Gasteiger partial charge in [0.1, 0.15) is 0 Å². The summed E-state index contributed by atoms with van der Waals surface area (Å²) in [6, 6.07) is 5.60. The number of fused-ring (bicyclic) bond motifs is 3. The van der Waals surface area contributed by atoms with Gasteiger partial charge in [-0.1, -0.05) is 19.9 Å². The first-order valence-electron chi connectivity index (χ1n) is 7.25. The summed E-state index contributed by atoms with van der Waals surface area (Å²) < 4.78 is 0. The first-order chi connectivity index (χ1) is 8.85. The fraction of sp³-hybridized carbons (Fsp3) is 0.529. The van der Waals surface area contributed by atoms with Crippen LogP contribution in [0.15, 0.2) is 18.3 Å². The molecule has 2 heterocycles. The highest BCUT2D eigenvalue weighted by Crippen LogP contribution is 2.49. The number of hydrogen-bond donors (Lipinski definition) is 1. The fourth-order valence-corrected chi connectivity index (χ4v) is 3.63. The summed E-state index contributed by atoms with van der Waals surface area (Å²) in [5, 5.41) is 1.41. The normalized spacial score (nSPS) is 21.4. The van der Waals surface area contributed by atoms with E-state index < -0.39 is 0 Å². The Bertz CT molecular complexity index is 634. The second kappa shape index (κ2) is 3.78. The van der Waals surface area contributed by atoms with Crippen LogP contribution in [0.3, 0.4) is 0 Å². The molecule has 0 aliphatic carbocycles. The molecule has 1 aliphatic rings. The highest BCUT2D eigenvalue weighted by molar-refractivity contribution is 5.99. The number of rotatable bonds is 1. The number of nitrogens with zero attached hydrogens (tertiary/aromatic N) is 1. The second-order valence-corrected chi connectivity index (χ2v) is 6.75. The first-order valence-corrected chi connectivity index (χ1v) is 7.25. The molecule has 1 aliphatic heterocycles. The van der Waals surface area contributed by atoms with Crippen LogP contribution < -0.4 is 4.90 Å². The summed E-state index contributed by atoms with van der Waals surface area (Å²) in [4.78, 5) is 5.99. The van der Waals surface area contributed by atoms with Crippen molar-refractivity contribution in [1.82, 2.24) is 4.98 Å². The lowest BCUT2D eigenvalue weighted by Gasteiger charge is -2.34. The molecule has 0 spiro atoms. The number of H-pyrrole nitrogens is 1. The molecular formula is C17H24N2. The first kappa shape index (κ1) is 12.6. The maximum atomic E-state index is 3.39. The molecule has 2 aromatic rings. The van der Waals surface area contributed by atoms with Crippen molar-refractivity contribution in [3.63, 3.8) is 0 Å². The van der Waals surface area contributed by atoms with E-state index in [0.717, 1.165) is 0 Å². The Morgan fingerprint density at radius 3 is 2.58 bits per heavy atom. The van der Waals surface area contributed by atoms with E-state index >= 15 is 0 Å². The maximum Gasteiger partial charge on any atom is 0.0508 e. The molecule has 1 aromatic heterocycles. The Labute approximate surface area is 115 Å². The summed E-state index contributed by atoms with van der Waals surface area (Å²) in [6.45, 7) is 13.9. The highest BCUT2D eigenvalue weighted by atomic mass is 15.2. The van der Waals surface area contributed by atoms with Gasteiger partial charge in [0.05, 0.1) is 5.69 Å². The van der Waals surface area contributed by atoms with Crippen LogP contribution in [-0.2, 0) is 5.41 Å². The van der Waals surface area contributed by atoms with E-state index in [2.05, 4.69) is 69.8 Å². The van der Waals surface area contributed by atoms with Gasteiger partial charge in [0.2, 0.25) is 0 Å². The predicted octanol–water partition coefficient (Wildman–Crippen LogP) is 4.37. The Morgan fingerprint density at radius 1 is 1.26 bits per heavy atom. The van der Waals surface area contributed by atoms with Crippen molar-refractivity contribution in [3.05, 3.63) is 29.5 Å². The fourth-order valence-electron chi connectivity index (χ4n) is 3.63. The molecule has 0 fully saturated rings. The van der Waals surface area contributed by atoms with Gasteiger partial charge in [-0.2, -0.15) is 0 Å². The Morgan fingerprint density at radius 2 is 1.95 bits per heavy atom. The van der Waals surface area contributed by atoms with E-state index in [4.69, 9.17) is 0 Å². The van der Waals surface area contributed by atoms with Gasteiger partial charge in [0, 0.05) is 34.6 Å². The Kier molecular flexibility index (Phi) is 2.51. The summed E-state index contributed by atoms with van der Waals surface area (Å²) >= 11 is 0. The lowest BCUT2D eigenvalue weighted by molar-refractivity contribution is 0.425. The zero-order valence-electron chi connectivity index (χ0n) is 12.8. The van der Waals surface area contributed by atoms with Gasteiger partial charge in [0.15, 0.2) is 0 Å². The maximum absolute atomic E-state index is 3.39. The summed E-state index contributed by atoms with van der Waals surface area (Å²) in [6.07, 6.45) is 2.12. The molecule has 1 N–H and O–H groups in total. The quantitative estimate of drug-likeness (QED) is 0.802. The van der Waals surface area contributed by atoms with Crippen molar-refractivity contribution in [2.75, 3.05) is 4.90 Å². The van der Waals surface area contributed by atoms with Gasteiger partial charge in [-0.25, -0.2) is 0 Å². The zero-order chi connectivity index (χ0) is 13.9. The van der Waals surface area contributed by atoms with E-state index in [-0.39, 0.29) is 5.41 Å². The van der Waals surface area contributed by atoms with E-state index in [1.807, 2.05) is 0 Å². The number of benzene rings is 1. The summed E-state index contributed by atoms with van der Waals surface area (Å²) in [7, 11) is 0. The van der Waals surface area contributed by atoms with Crippen LogP contribution in [0.4, 0.5) is 5.69 Å². The number of hydrogen-bond acceptors (Lipinski definition) is 1. The van der Waals surface area contributed by atoms with E-state index in [9.17, 15) is 0 Å². The van der Waals surface area contributed by atoms with Crippen molar-refractivity contribution in [2.24, 2.45) is 0 Å². The molecular weight excluding hydrogens is 232 g/mol. The summed E-state index contributed by atoms with van der Waals surface area (Å²) in [5.74, 6) is 0. The average molecular weight is 256 g/mol. The molecule has 2 heteroatoms. The van der Waals surface area contributed by atoms with Gasteiger partial charge >= 0.3 is 0 Å². The van der Waals surface area contributed by atoms with Crippen molar-refractivity contribution >= 4 is 16.6 Å². The number of aromatic amines is 1. The molecule has 2 nitrogen and oxygen atoms in total. The molecule has 0 radical (unpaired) electrons. The van der Waals surface area contributed by atoms with Crippen LogP contribution in [0.1, 0.15) is 45.7 Å². The molecule has 1 unspecified atom stereocenters. The zero-order valence-corrected chi connectivity index (χ0v) is 12.8. The number of anilines is 1. The highest BCUT2D eigenvalue weighted by Gasteiger charge is 2.43. The van der Waals surface area contributed by atoms with E-state index in [1.165, 1.54) is 27.7 Å². The van der Waals surface area contributed by atoms with Crippen molar-refractivity contribution in [3.8, 4) is 0 Å². The van der Waals surface area contributed by atoms with Gasteiger partial charge in [0.25, 0.3) is 0 Å². The minimum absolute atomic E-state index is 0.206. The molecule has 1 aromatic carbocycles. The largest absolute Gasteiger partial charge is 0.365 e. The molecule has 0 saturated heterocycles. The minimum Gasteiger partial charge on any atom is -0.365 e. The van der Waals surface area contributed by atoms with Crippen molar-refractivity contribution in [1.29, 1.82) is 0 Å². The molecule has 1 atom stereocenters. The molecule has 0 amide bonds. The van der Waals surface area contributed by atoms with E-state index in [0.29, 0.717) is 12.1 Å². The smallest absolute Gasteiger partial charge is 0.0508 e. The third kappa shape index (κ3) is 1.49. The average Bonchev–Trinajstić information content (AvgIpc) is 2.79. The second-order valence-electron chi connectivity index (χ2n) is 6.75. The van der Waals surface area contributed by atoms with Crippen LogP contribution in [0.2, 0.25) is 0 Å². The van der Waals surface area contributed by atoms with Gasteiger partial charge in [-0.3, -0.25) is 0 Å². The minimum atomic E-state index is 0.206. The Hall–Kier alpha value is -1.44. The topological polar surface area (TPSA) is 19.0 Å². The number of nitrogens with one attached hydrogen (secondary N) is 1. The van der Waals surface area contributed by atoms with Crippen LogP contribution >= 0.6 is 0 Å². The van der Waals surface area contributed by atoms with Crippen molar-refractivity contribution in [2.45, 2.75) is 59.0 Å². The third-order valence-electron chi connectivity index (χ3n) is 4.99. The lowest BCUT2D eigenvalue weighted by atomic mass is 9.81. The molecule has 102 valence electrons. The molecule has 19 heavy (non-hydrogen) atoms. The van der Waals surface area contributed by atoms with Crippen LogP contribution in [0, 0.1) is 6.92 Å². The van der Waals surface area contributed by atoms with Gasteiger partial charge in [-0.05, 0) is 44.9 Å². The molecule has 0 bridgehead atoms. The van der Waals surface area contributed by atoms with Crippen LogP contribution in [0.5, 0.6) is 0 Å². The van der Waals surface area contributed by atoms with Gasteiger partial charge in [-0.15, -0.1) is 0 Å². The SMILES string of the molecule is Cc1c[nH]c2ccc3c(c12)N(C(C)C)C(C)C3(C)C. The van der Waals surface area contributed by atoms with E-state index in [1.54, 1.807) is 0 Å². The molecule has 0 saturated carbocycles. The van der Waals surface area contributed by atoms with Crippen LogP contribution in [-0.4, -0.2) is 17.1 Å². The monoisotopic (exact) mass is 256 g/mol. The molecule has 3 rings (SSSR count). The Balaban J connectivity index is 2.40. The van der Waals surface area contributed by atoms with Crippen LogP contribution in [0.25, 0.3) is 10.9 Å². The predicted molar refractivity (Wildman–Crippen MR) is 83.1 cm³/mol. The standard InChI is InChI=1S/C17H24N2/c1-10(2)19-12(4)17(5,6)13-7-8-14-15(16(13)19)11(3)9-18-14/h7-10,12,18H,1-6H3. The number of aryl methyl sites for hydroxylation is 1. The third-order valence-corrected chi connectivity index (χ3v) is 4.99. The lowest BCUT2D eigenvalue weighted by Crippen LogP contribution is -2.42. The van der Waals surface area contributed by atoms with Gasteiger partial charge < -0.3 is 9.88 Å². The van der Waals surface area contributed by atoms with Crippen molar-refractivity contribution < 1.29 is 0 Å².